The molecule has 1 aromatic heterocycles. The summed E-state index contributed by atoms with van der Waals surface area (Å²) in [5.74, 6) is 0. The lowest BCUT2D eigenvalue weighted by molar-refractivity contribution is 0.805. The fourth-order valence-corrected chi connectivity index (χ4v) is 3.43. The zero-order chi connectivity index (χ0) is 15.8. The summed E-state index contributed by atoms with van der Waals surface area (Å²) in [4.78, 5) is 0. The van der Waals surface area contributed by atoms with E-state index in [1.807, 2.05) is 0 Å². The predicted octanol–water partition coefficient (Wildman–Crippen LogP) is 5.07. The maximum Gasteiger partial charge on any atom is 0.0674 e. The van der Waals surface area contributed by atoms with Crippen molar-refractivity contribution in [2.24, 2.45) is 0 Å². The Morgan fingerprint density at radius 3 is 2.87 bits per heavy atom. The molecule has 2 N–H and O–H groups in total. The Kier molecular flexibility index (Phi) is 3.34. The fraction of sp³-hybridized carbons (Fsp3) is 0.200. The molecule has 0 atom stereocenters. The third-order valence-corrected chi connectivity index (χ3v) is 4.51. The molecule has 2 heterocycles. The molecule has 0 fully saturated rings. The van der Waals surface area contributed by atoms with Crippen molar-refractivity contribution in [3.05, 3.63) is 60.8 Å². The highest BCUT2D eigenvalue weighted by Gasteiger charge is 2.17. The second kappa shape index (κ2) is 5.51. The van der Waals surface area contributed by atoms with Gasteiger partial charge in [-0.15, -0.1) is 0 Å². The lowest BCUT2D eigenvalue weighted by Crippen LogP contribution is -2.03. The molecule has 0 bridgehead atoms. The highest BCUT2D eigenvalue weighted by molar-refractivity contribution is 5.93. The second-order valence-electron chi connectivity index (χ2n) is 5.97. The van der Waals surface area contributed by atoms with Gasteiger partial charge in [-0.3, -0.25) is 0 Å². The lowest BCUT2D eigenvalue weighted by Gasteiger charge is -2.16. The standard InChI is InChI=1S/C20H21N3/c1-3-23-18-10-5-4-7-15(18)13-19(23)16-8-6-9-17-20(16)21-12-11-14(2)22-17/h4-10,13,21-22H,2-3,11-12H2,1H3. The molecule has 0 spiro atoms. The Morgan fingerprint density at radius 2 is 2.00 bits per heavy atom. The van der Waals surface area contributed by atoms with Crippen LogP contribution in [-0.4, -0.2) is 11.1 Å². The summed E-state index contributed by atoms with van der Waals surface area (Å²) in [6.45, 7) is 8.14. The third-order valence-electron chi connectivity index (χ3n) is 4.51. The molecular weight excluding hydrogens is 282 g/mol. The number of nitrogens with zero attached hydrogens (tertiary/aromatic N) is 1. The molecule has 0 amide bonds. The van der Waals surface area contributed by atoms with Crippen LogP contribution in [0.15, 0.2) is 60.8 Å². The first-order chi connectivity index (χ1) is 11.3. The number of fused-ring (bicyclic) bond motifs is 2. The van der Waals surface area contributed by atoms with Crippen LogP contribution in [0.3, 0.4) is 0 Å². The zero-order valence-corrected chi connectivity index (χ0v) is 13.4. The van der Waals surface area contributed by atoms with E-state index < -0.39 is 0 Å². The van der Waals surface area contributed by atoms with Gasteiger partial charge in [-0.05, 0) is 25.1 Å². The summed E-state index contributed by atoms with van der Waals surface area (Å²) >= 11 is 0. The molecule has 3 nitrogen and oxygen atoms in total. The van der Waals surface area contributed by atoms with Crippen molar-refractivity contribution in [3.63, 3.8) is 0 Å². The van der Waals surface area contributed by atoms with E-state index in [1.165, 1.54) is 27.8 Å². The van der Waals surface area contributed by atoms with Gasteiger partial charge in [-0.1, -0.05) is 36.9 Å². The van der Waals surface area contributed by atoms with E-state index in [2.05, 4.69) is 77.2 Å². The third kappa shape index (κ3) is 2.29. The Labute approximate surface area is 136 Å². The van der Waals surface area contributed by atoms with Crippen LogP contribution in [0.5, 0.6) is 0 Å². The second-order valence-corrected chi connectivity index (χ2v) is 5.97. The van der Waals surface area contributed by atoms with Gasteiger partial charge in [0.2, 0.25) is 0 Å². The maximum atomic E-state index is 4.09. The highest BCUT2D eigenvalue weighted by Crippen LogP contribution is 2.38. The van der Waals surface area contributed by atoms with Crippen LogP contribution in [0.1, 0.15) is 13.3 Å². The molecular formula is C20H21N3. The van der Waals surface area contributed by atoms with Crippen molar-refractivity contribution in [1.29, 1.82) is 0 Å². The van der Waals surface area contributed by atoms with E-state index in [0.29, 0.717) is 0 Å². The number of nitrogens with one attached hydrogen (secondary N) is 2. The average molecular weight is 303 g/mol. The van der Waals surface area contributed by atoms with E-state index in [1.54, 1.807) is 0 Å². The molecule has 0 unspecified atom stereocenters. The number of rotatable bonds is 2. The van der Waals surface area contributed by atoms with E-state index in [4.69, 9.17) is 0 Å². The number of anilines is 2. The van der Waals surface area contributed by atoms with Gasteiger partial charge in [0.15, 0.2) is 0 Å². The number of aryl methyl sites for hydroxylation is 1. The van der Waals surface area contributed by atoms with Crippen LogP contribution < -0.4 is 10.6 Å². The quantitative estimate of drug-likeness (QED) is 0.692. The van der Waals surface area contributed by atoms with Crippen LogP contribution in [0.25, 0.3) is 22.2 Å². The summed E-state index contributed by atoms with van der Waals surface area (Å²) in [5.41, 5.74) is 7.12. The van der Waals surface area contributed by atoms with Gasteiger partial charge in [-0.25, -0.2) is 0 Å². The number of para-hydroxylation sites is 2. The minimum absolute atomic E-state index is 0.905. The predicted molar refractivity (Wildman–Crippen MR) is 98.9 cm³/mol. The lowest BCUT2D eigenvalue weighted by atomic mass is 10.1. The summed E-state index contributed by atoms with van der Waals surface area (Å²) in [7, 11) is 0. The van der Waals surface area contributed by atoms with Crippen molar-refractivity contribution in [2.45, 2.75) is 19.9 Å². The van der Waals surface area contributed by atoms with Gasteiger partial charge in [0, 0.05) is 41.7 Å². The summed E-state index contributed by atoms with van der Waals surface area (Å²) < 4.78 is 2.38. The van der Waals surface area contributed by atoms with Crippen LogP contribution in [0, 0.1) is 0 Å². The first kappa shape index (κ1) is 13.9. The van der Waals surface area contributed by atoms with Gasteiger partial charge < -0.3 is 15.2 Å². The van der Waals surface area contributed by atoms with E-state index >= 15 is 0 Å². The maximum absolute atomic E-state index is 4.09. The Balaban J connectivity index is 1.95. The van der Waals surface area contributed by atoms with Gasteiger partial charge in [0.1, 0.15) is 0 Å². The van der Waals surface area contributed by atoms with Crippen molar-refractivity contribution >= 4 is 22.3 Å². The first-order valence-electron chi connectivity index (χ1n) is 8.18. The molecule has 0 aliphatic carbocycles. The molecule has 1 aliphatic heterocycles. The first-order valence-corrected chi connectivity index (χ1v) is 8.18. The van der Waals surface area contributed by atoms with Crippen LogP contribution in [-0.2, 0) is 6.54 Å². The molecule has 0 radical (unpaired) electrons. The number of hydrogen-bond acceptors (Lipinski definition) is 2. The molecule has 3 aromatic rings. The van der Waals surface area contributed by atoms with Crippen LogP contribution in [0.2, 0.25) is 0 Å². The fourth-order valence-electron chi connectivity index (χ4n) is 3.43. The largest absolute Gasteiger partial charge is 0.382 e. The molecule has 1 aliphatic rings. The van der Waals surface area contributed by atoms with Gasteiger partial charge in [-0.2, -0.15) is 0 Å². The molecule has 4 rings (SSSR count). The Hall–Kier alpha value is -2.68. The molecule has 0 saturated carbocycles. The van der Waals surface area contributed by atoms with E-state index in [0.717, 1.165) is 30.9 Å². The Morgan fingerprint density at radius 1 is 1.13 bits per heavy atom. The van der Waals surface area contributed by atoms with Crippen molar-refractivity contribution in [1.82, 2.24) is 4.57 Å². The molecule has 0 saturated heterocycles. The zero-order valence-electron chi connectivity index (χ0n) is 13.4. The summed E-state index contributed by atoms with van der Waals surface area (Å²) in [6.07, 6.45) is 0.935. The summed E-state index contributed by atoms with van der Waals surface area (Å²) in [5, 5.41) is 8.30. The number of benzene rings is 2. The summed E-state index contributed by atoms with van der Waals surface area (Å²) in [6, 6.07) is 17.3. The minimum Gasteiger partial charge on any atom is -0.382 e. The van der Waals surface area contributed by atoms with Crippen LogP contribution >= 0.6 is 0 Å². The minimum atomic E-state index is 0.905. The topological polar surface area (TPSA) is 29.0 Å². The average Bonchev–Trinajstić information content (AvgIpc) is 2.82. The molecule has 116 valence electrons. The monoisotopic (exact) mass is 303 g/mol. The smallest absolute Gasteiger partial charge is 0.0674 e. The van der Waals surface area contributed by atoms with E-state index in [9.17, 15) is 0 Å². The SMILES string of the molecule is C=C1CCNc2c(cccc2-c2cc3ccccc3n2CC)N1. The van der Waals surface area contributed by atoms with Crippen molar-refractivity contribution in [3.8, 4) is 11.3 Å². The van der Waals surface area contributed by atoms with Crippen molar-refractivity contribution in [2.75, 3.05) is 17.2 Å². The van der Waals surface area contributed by atoms with Gasteiger partial charge in [0.25, 0.3) is 0 Å². The van der Waals surface area contributed by atoms with Crippen molar-refractivity contribution < 1.29 is 0 Å². The molecule has 3 heteroatoms. The Bertz CT molecular complexity index is 889. The number of aromatic nitrogens is 1. The van der Waals surface area contributed by atoms with Crippen LogP contribution in [0.4, 0.5) is 11.4 Å². The highest BCUT2D eigenvalue weighted by atomic mass is 15.0. The van der Waals surface area contributed by atoms with Gasteiger partial charge >= 0.3 is 0 Å². The molecule has 2 aromatic carbocycles. The number of hydrogen-bond donors (Lipinski definition) is 2. The van der Waals surface area contributed by atoms with E-state index in [-0.39, 0.29) is 0 Å². The normalized spacial score (nSPS) is 14.0. The van der Waals surface area contributed by atoms with Gasteiger partial charge in [0.05, 0.1) is 17.1 Å². The molecule has 23 heavy (non-hydrogen) atoms.